The van der Waals surface area contributed by atoms with Gasteiger partial charge in [0.15, 0.2) is 5.78 Å². The lowest BCUT2D eigenvalue weighted by atomic mass is 9.95. The van der Waals surface area contributed by atoms with Crippen LogP contribution in [0.5, 0.6) is 0 Å². The summed E-state index contributed by atoms with van der Waals surface area (Å²) in [6, 6.07) is 13.2. The van der Waals surface area contributed by atoms with Crippen LogP contribution in [0.25, 0.3) is 12.0 Å². The third-order valence-electron chi connectivity index (χ3n) is 5.66. The van der Waals surface area contributed by atoms with E-state index in [9.17, 15) is 14.7 Å². The number of rotatable bonds is 3. The highest BCUT2D eigenvalue weighted by atomic mass is 16.3. The maximum absolute atomic E-state index is 13.4. The highest BCUT2D eigenvalue weighted by molar-refractivity contribution is 6.11. The van der Waals surface area contributed by atoms with Crippen molar-refractivity contribution in [2.45, 2.75) is 6.54 Å². The smallest absolute Gasteiger partial charge is 0.281 e. The van der Waals surface area contributed by atoms with E-state index in [1.165, 1.54) is 6.07 Å². The Kier molecular flexibility index (Phi) is 4.23. The minimum absolute atomic E-state index is 0.0720. The fraction of sp³-hybridized carbons (Fsp3) is 0.0417. The van der Waals surface area contributed by atoms with Gasteiger partial charge in [0, 0.05) is 29.1 Å². The lowest BCUT2D eigenvalue weighted by Crippen LogP contribution is -2.26. The number of nitrogens with one attached hydrogen (secondary N) is 3. The van der Waals surface area contributed by atoms with Crippen molar-refractivity contribution in [3.8, 4) is 0 Å². The summed E-state index contributed by atoms with van der Waals surface area (Å²) >= 11 is 0. The summed E-state index contributed by atoms with van der Waals surface area (Å²) < 4.78 is 0. The summed E-state index contributed by atoms with van der Waals surface area (Å²) in [5.41, 5.74) is 6.32. The molecule has 2 aromatic carbocycles. The number of ketones is 1. The van der Waals surface area contributed by atoms with Crippen molar-refractivity contribution in [1.82, 2.24) is 10.3 Å². The number of carbonyl (C=O) groups is 1. The zero-order valence-electron chi connectivity index (χ0n) is 16.7. The number of aliphatic hydroxyl groups is 1. The van der Waals surface area contributed by atoms with Crippen molar-refractivity contribution < 1.29 is 9.90 Å². The predicted molar refractivity (Wildman–Crippen MR) is 116 cm³/mol. The molecule has 8 nitrogen and oxygen atoms in total. The van der Waals surface area contributed by atoms with Crippen molar-refractivity contribution in [3.63, 3.8) is 0 Å². The SMILES string of the molecule is N=c1cc(C(=O)c2ccccc2C(O)=c2ccc3c(c2)CNC=3)c(=N)c2c(=O)nc(N)c1=2. The summed E-state index contributed by atoms with van der Waals surface area (Å²) in [7, 11) is 0. The van der Waals surface area contributed by atoms with Crippen molar-refractivity contribution in [1.29, 1.82) is 10.8 Å². The monoisotopic (exact) mass is 423 g/mol. The summed E-state index contributed by atoms with van der Waals surface area (Å²) in [5.74, 6) is -0.786. The maximum atomic E-state index is 13.4. The van der Waals surface area contributed by atoms with Gasteiger partial charge in [-0.2, -0.15) is 4.98 Å². The van der Waals surface area contributed by atoms with Crippen LogP contribution in [0.15, 0.2) is 53.3 Å². The van der Waals surface area contributed by atoms with Crippen LogP contribution < -0.4 is 37.8 Å². The number of aliphatic hydroxyl groups excluding tert-OH is 1. The third kappa shape index (κ3) is 2.81. The number of carbonyl (C=O) groups excluding carboxylic acids is 1. The number of nitrogen functional groups attached to an aromatic ring is 1. The molecule has 3 aliphatic rings. The molecular weight excluding hydrogens is 406 g/mol. The van der Waals surface area contributed by atoms with Crippen LogP contribution >= 0.6 is 0 Å². The van der Waals surface area contributed by atoms with Gasteiger partial charge in [0.25, 0.3) is 5.56 Å². The molecule has 0 spiro atoms. The fourth-order valence-corrected chi connectivity index (χ4v) is 4.07. The van der Waals surface area contributed by atoms with E-state index in [0.717, 1.165) is 10.8 Å². The number of anilines is 1. The largest absolute Gasteiger partial charge is 0.507 e. The Morgan fingerprint density at radius 3 is 2.56 bits per heavy atom. The number of hydrogen-bond donors (Lipinski definition) is 5. The summed E-state index contributed by atoms with van der Waals surface area (Å²) in [4.78, 5) is 29.2. The van der Waals surface area contributed by atoms with Gasteiger partial charge in [-0.05, 0) is 22.9 Å². The minimum atomic E-state index is -0.739. The molecule has 2 aliphatic heterocycles. The number of hydrogen-bond acceptors (Lipinski definition) is 8. The van der Waals surface area contributed by atoms with Crippen LogP contribution in [-0.4, -0.2) is 15.9 Å². The van der Waals surface area contributed by atoms with Gasteiger partial charge in [-0.3, -0.25) is 15.0 Å². The highest BCUT2D eigenvalue weighted by Gasteiger charge is 2.20. The molecule has 6 N–H and O–H groups in total. The summed E-state index contributed by atoms with van der Waals surface area (Å²) in [6.07, 6.45) is 1.90. The molecule has 0 radical (unpaired) electrons. The maximum Gasteiger partial charge on any atom is 0.281 e. The molecule has 0 saturated heterocycles. The Hall–Kier alpha value is -4.59. The van der Waals surface area contributed by atoms with Crippen LogP contribution in [0.1, 0.15) is 27.0 Å². The van der Waals surface area contributed by atoms with Gasteiger partial charge in [0.05, 0.1) is 26.7 Å². The van der Waals surface area contributed by atoms with Crippen molar-refractivity contribution >= 4 is 23.6 Å². The second kappa shape index (κ2) is 6.98. The molecule has 1 aliphatic carbocycles. The second-order valence-electron chi connectivity index (χ2n) is 7.56. The van der Waals surface area contributed by atoms with Gasteiger partial charge >= 0.3 is 0 Å². The van der Waals surface area contributed by atoms with Gasteiger partial charge in [-0.15, -0.1) is 0 Å². The van der Waals surface area contributed by atoms with E-state index in [2.05, 4.69) is 10.3 Å². The van der Waals surface area contributed by atoms with Gasteiger partial charge < -0.3 is 21.6 Å². The van der Waals surface area contributed by atoms with Gasteiger partial charge in [-0.1, -0.05) is 36.4 Å². The Balaban J connectivity index is 1.73. The molecule has 32 heavy (non-hydrogen) atoms. The van der Waals surface area contributed by atoms with E-state index in [-0.39, 0.29) is 43.9 Å². The molecule has 2 heterocycles. The van der Waals surface area contributed by atoms with E-state index in [1.54, 1.807) is 30.3 Å². The molecule has 5 rings (SSSR count). The average Bonchev–Trinajstić information content (AvgIpc) is 3.38. The lowest BCUT2D eigenvalue weighted by Gasteiger charge is -2.09. The zero-order valence-corrected chi connectivity index (χ0v) is 16.7. The molecule has 156 valence electrons. The summed E-state index contributed by atoms with van der Waals surface area (Å²) in [5, 5.41) is 31.8. The first-order valence-electron chi connectivity index (χ1n) is 9.79. The van der Waals surface area contributed by atoms with Gasteiger partial charge in [-0.25, -0.2) is 0 Å². The summed E-state index contributed by atoms with van der Waals surface area (Å²) in [6.45, 7) is 0.653. The standard InChI is InChI=1S/C24H17N5O3/c25-17-8-16(20(26)19-18(17)23(27)29-24(19)32)22(31)15-4-2-1-3-14(15)21(30)11-5-6-12-9-28-10-13(12)7-11/h1-9,25-26,28,30H,10H2,(H2,27,29,32). The Morgan fingerprint density at radius 1 is 1.03 bits per heavy atom. The Bertz CT molecular complexity index is 1780. The number of nitrogens with two attached hydrogens (primary N) is 1. The first kappa shape index (κ1) is 19.4. The minimum Gasteiger partial charge on any atom is -0.507 e. The fourth-order valence-electron chi connectivity index (χ4n) is 4.07. The zero-order chi connectivity index (χ0) is 22.6. The quantitative estimate of drug-likeness (QED) is 0.277. The molecule has 0 aromatic heterocycles. The first-order chi connectivity index (χ1) is 15.4. The molecule has 2 aromatic rings. The van der Waals surface area contributed by atoms with E-state index in [1.807, 2.05) is 18.3 Å². The van der Waals surface area contributed by atoms with Crippen molar-refractivity contribution in [3.05, 3.63) is 113 Å². The molecule has 0 unspecified atom stereocenters. The molecule has 8 heteroatoms. The van der Waals surface area contributed by atoms with Crippen LogP contribution in [0.2, 0.25) is 0 Å². The number of nitrogens with zero attached hydrogens (tertiary/aromatic N) is 1. The van der Waals surface area contributed by atoms with E-state index in [0.29, 0.717) is 17.3 Å². The molecule has 0 atom stereocenters. The van der Waals surface area contributed by atoms with E-state index in [4.69, 9.17) is 16.6 Å². The molecular formula is C24H17N5O3. The number of aromatic nitrogens is 1. The topological polar surface area (TPSA) is 153 Å². The molecule has 0 saturated carbocycles. The van der Waals surface area contributed by atoms with Gasteiger partial charge in [0.2, 0.25) is 0 Å². The number of fused-ring (bicyclic) bond motifs is 1. The normalized spacial score (nSPS) is 13.4. The van der Waals surface area contributed by atoms with E-state index < -0.39 is 11.3 Å². The second-order valence-corrected chi connectivity index (χ2v) is 7.56. The number of benzene rings is 2. The van der Waals surface area contributed by atoms with Gasteiger partial charge in [0.1, 0.15) is 11.6 Å². The highest BCUT2D eigenvalue weighted by Crippen LogP contribution is 2.18. The first-order valence-corrected chi connectivity index (χ1v) is 9.79. The lowest BCUT2D eigenvalue weighted by molar-refractivity contribution is 0.103. The van der Waals surface area contributed by atoms with Crippen LogP contribution in [0.3, 0.4) is 0 Å². The van der Waals surface area contributed by atoms with Crippen LogP contribution in [-0.2, 0) is 6.54 Å². The predicted octanol–water partition coefficient (Wildman–Crippen LogP) is -0.630. The van der Waals surface area contributed by atoms with Crippen molar-refractivity contribution in [2.24, 2.45) is 0 Å². The van der Waals surface area contributed by atoms with Crippen LogP contribution in [0.4, 0.5) is 5.82 Å². The molecule has 0 amide bonds. The van der Waals surface area contributed by atoms with Crippen molar-refractivity contribution in [2.75, 3.05) is 5.73 Å². The Labute approximate surface area is 180 Å². The molecule has 0 fully saturated rings. The third-order valence-corrected chi connectivity index (χ3v) is 5.66. The molecule has 0 bridgehead atoms. The Morgan fingerprint density at radius 2 is 1.78 bits per heavy atom. The van der Waals surface area contributed by atoms with Crippen LogP contribution in [0, 0.1) is 21.3 Å². The average molecular weight is 423 g/mol. The van der Waals surface area contributed by atoms with E-state index >= 15 is 0 Å².